The molecule has 0 radical (unpaired) electrons. The normalized spacial score (nSPS) is 11.2. The molecule has 27 heavy (non-hydrogen) atoms. The molecule has 0 spiro atoms. The molecule has 0 aliphatic rings. The average molecular weight is 400 g/mol. The molecular formula is C19H21ClF3N3O. The number of carbonyl (C=O) groups excluding carboxylic acids is 1. The molecule has 2 aromatic carbocycles. The van der Waals surface area contributed by atoms with Crippen molar-refractivity contribution < 1.29 is 18.0 Å². The quantitative estimate of drug-likeness (QED) is 0.667. The Labute approximate surface area is 161 Å². The number of halogens is 4. The zero-order chi connectivity index (χ0) is 20.0. The summed E-state index contributed by atoms with van der Waals surface area (Å²) in [6.45, 7) is 5.72. The van der Waals surface area contributed by atoms with E-state index < -0.39 is 11.7 Å². The van der Waals surface area contributed by atoms with Crippen LogP contribution in [-0.2, 0) is 11.0 Å². The van der Waals surface area contributed by atoms with Gasteiger partial charge in [-0.05, 0) is 56.3 Å². The number of nitrogens with zero attached hydrogens (tertiary/aromatic N) is 1. The molecule has 0 saturated heterocycles. The van der Waals surface area contributed by atoms with Crippen molar-refractivity contribution >= 4 is 34.6 Å². The molecule has 2 N–H and O–H groups in total. The van der Waals surface area contributed by atoms with Gasteiger partial charge in [-0.25, -0.2) is 0 Å². The Kier molecular flexibility index (Phi) is 6.96. The number of benzene rings is 2. The van der Waals surface area contributed by atoms with Gasteiger partial charge in [0.15, 0.2) is 0 Å². The first-order chi connectivity index (χ1) is 12.7. The van der Waals surface area contributed by atoms with Crippen LogP contribution in [0, 0.1) is 0 Å². The van der Waals surface area contributed by atoms with E-state index >= 15 is 0 Å². The number of hydrogen-bond donors (Lipinski definition) is 2. The minimum absolute atomic E-state index is 0.166. The number of amides is 1. The molecule has 0 bridgehead atoms. The van der Waals surface area contributed by atoms with Gasteiger partial charge in [-0.1, -0.05) is 11.6 Å². The topological polar surface area (TPSA) is 44.4 Å². The van der Waals surface area contributed by atoms with E-state index in [1.54, 1.807) is 12.1 Å². The van der Waals surface area contributed by atoms with Crippen molar-refractivity contribution in [3.05, 3.63) is 53.1 Å². The second-order valence-corrected chi connectivity index (χ2v) is 6.22. The Morgan fingerprint density at radius 3 is 2.19 bits per heavy atom. The first-order valence-electron chi connectivity index (χ1n) is 8.50. The van der Waals surface area contributed by atoms with Gasteiger partial charge in [-0.3, -0.25) is 4.79 Å². The lowest BCUT2D eigenvalue weighted by Gasteiger charge is -2.21. The largest absolute Gasteiger partial charge is 0.417 e. The molecule has 2 aromatic rings. The van der Waals surface area contributed by atoms with Crippen molar-refractivity contribution in [1.29, 1.82) is 0 Å². The lowest BCUT2D eigenvalue weighted by molar-refractivity contribution is -0.137. The van der Waals surface area contributed by atoms with Gasteiger partial charge >= 0.3 is 6.18 Å². The molecule has 0 fully saturated rings. The monoisotopic (exact) mass is 399 g/mol. The molecule has 0 atom stereocenters. The maximum atomic E-state index is 12.9. The van der Waals surface area contributed by atoms with E-state index in [-0.39, 0.29) is 23.2 Å². The summed E-state index contributed by atoms with van der Waals surface area (Å²) in [6, 6.07) is 10.8. The molecule has 0 aromatic heterocycles. The zero-order valence-electron chi connectivity index (χ0n) is 15.0. The maximum absolute atomic E-state index is 12.9. The van der Waals surface area contributed by atoms with Crippen molar-refractivity contribution in [3.8, 4) is 0 Å². The Balaban J connectivity index is 1.95. The minimum atomic E-state index is -4.55. The van der Waals surface area contributed by atoms with Gasteiger partial charge in [0.2, 0.25) is 5.91 Å². The summed E-state index contributed by atoms with van der Waals surface area (Å²) in [5.41, 5.74) is 0.891. The van der Waals surface area contributed by atoms with Gasteiger partial charge in [0.05, 0.1) is 17.1 Å². The van der Waals surface area contributed by atoms with Gasteiger partial charge in [-0.15, -0.1) is 0 Å². The second kappa shape index (κ2) is 8.99. The molecule has 2 rings (SSSR count). The number of alkyl halides is 3. The summed E-state index contributed by atoms with van der Waals surface area (Å²) in [4.78, 5) is 14.2. The molecule has 146 valence electrons. The smallest absolute Gasteiger partial charge is 0.376 e. The highest BCUT2D eigenvalue weighted by Crippen LogP contribution is 2.36. The van der Waals surface area contributed by atoms with Crippen LogP contribution in [0.5, 0.6) is 0 Å². The Morgan fingerprint density at radius 1 is 1.04 bits per heavy atom. The van der Waals surface area contributed by atoms with Crippen LogP contribution in [0.15, 0.2) is 42.5 Å². The minimum Gasteiger partial charge on any atom is -0.376 e. The SMILES string of the molecule is CCN(CC)c1ccc(NC(=O)CNc2ccc(Cl)c(C(F)(F)F)c2)cc1. The fourth-order valence-corrected chi connectivity index (χ4v) is 2.81. The number of carbonyl (C=O) groups is 1. The zero-order valence-corrected chi connectivity index (χ0v) is 15.8. The van der Waals surface area contributed by atoms with E-state index in [9.17, 15) is 18.0 Å². The standard InChI is InChI=1S/C19H21ClF3N3O/c1-3-26(4-2)15-8-5-13(6-9-15)25-18(27)12-24-14-7-10-17(20)16(11-14)19(21,22)23/h5-11,24H,3-4,12H2,1-2H3,(H,25,27). The first-order valence-corrected chi connectivity index (χ1v) is 8.87. The van der Waals surface area contributed by atoms with Crippen LogP contribution >= 0.6 is 11.6 Å². The van der Waals surface area contributed by atoms with Crippen LogP contribution in [-0.4, -0.2) is 25.5 Å². The van der Waals surface area contributed by atoms with Crippen molar-refractivity contribution in [3.63, 3.8) is 0 Å². The fraction of sp³-hybridized carbons (Fsp3) is 0.316. The van der Waals surface area contributed by atoms with Crippen molar-refractivity contribution in [2.24, 2.45) is 0 Å². The van der Waals surface area contributed by atoms with E-state index in [1.165, 1.54) is 6.07 Å². The molecule has 0 saturated carbocycles. The van der Waals surface area contributed by atoms with Gasteiger partial charge in [-0.2, -0.15) is 13.2 Å². The summed E-state index contributed by atoms with van der Waals surface area (Å²) >= 11 is 5.58. The summed E-state index contributed by atoms with van der Waals surface area (Å²) in [5.74, 6) is -0.367. The predicted molar refractivity (Wildman–Crippen MR) is 104 cm³/mol. The number of rotatable bonds is 7. The van der Waals surface area contributed by atoms with Crippen LogP contribution in [0.2, 0.25) is 5.02 Å². The highest BCUT2D eigenvalue weighted by atomic mass is 35.5. The molecule has 0 aliphatic heterocycles. The van der Waals surface area contributed by atoms with Crippen LogP contribution in [0.1, 0.15) is 19.4 Å². The molecule has 0 heterocycles. The Morgan fingerprint density at radius 2 is 1.63 bits per heavy atom. The van der Waals surface area contributed by atoms with E-state index in [0.717, 1.165) is 30.9 Å². The molecular weight excluding hydrogens is 379 g/mol. The van der Waals surface area contributed by atoms with Crippen LogP contribution in [0.3, 0.4) is 0 Å². The summed E-state index contributed by atoms with van der Waals surface area (Å²) in [7, 11) is 0. The van der Waals surface area contributed by atoms with E-state index in [4.69, 9.17) is 11.6 Å². The number of hydrogen-bond acceptors (Lipinski definition) is 3. The molecule has 4 nitrogen and oxygen atoms in total. The molecule has 8 heteroatoms. The lowest BCUT2D eigenvalue weighted by Crippen LogP contribution is -2.23. The predicted octanol–water partition coefficient (Wildman–Crippen LogP) is 5.26. The molecule has 0 unspecified atom stereocenters. The van der Waals surface area contributed by atoms with Crippen molar-refractivity contribution in [2.75, 3.05) is 35.2 Å². The van der Waals surface area contributed by atoms with Gasteiger partial charge in [0.25, 0.3) is 0 Å². The highest BCUT2D eigenvalue weighted by Gasteiger charge is 2.33. The average Bonchev–Trinajstić information content (AvgIpc) is 2.62. The second-order valence-electron chi connectivity index (χ2n) is 5.81. The van der Waals surface area contributed by atoms with E-state index in [1.807, 2.05) is 12.1 Å². The fourth-order valence-electron chi connectivity index (χ4n) is 2.58. The number of anilines is 3. The van der Waals surface area contributed by atoms with Crippen LogP contribution in [0.25, 0.3) is 0 Å². The summed E-state index contributed by atoms with van der Waals surface area (Å²) in [5, 5.41) is 4.99. The summed E-state index contributed by atoms with van der Waals surface area (Å²) in [6.07, 6.45) is -4.55. The van der Waals surface area contributed by atoms with Gasteiger partial charge in [0.1, 0.15) is 0 Å². The highest BCUT2D eigenvalue weighted by molar-refractivity contribution is 6.31. The van der Waals surface area contributed by atoms with Gasteiger partial charge in [0, 0.05) is 30.2 Å². The van der Waals surface area contributed by atoms with E-state index in [0.29, 0.717) is 5.69 Å². The lowest BCUT2D eigenvalue weighted by atomic mass is 10.2. The van der Waals surface area contributed by atoms with Crippen molar-refractivity contribution in [2.45, 2.75) is 20.0 Å². The summed E-state index contributed by atoms with van der Waals surface area (Å²) < 4.78 is 38.6. The molecule has 0 aliphatic carbocycles. The first kappa shape index (κ1) is 20.9. The van der Waals surface area contributed by atoms with Gasteiger partial charge < -0.3 is 15.5 Å². The maximum Gasteiger partial charge on any atom is 0.417 e. The number of nitrogens with one attached hydrogen (secondary N) is 2. The third-order valence-corrected chi connectivity index (χ3v) is 4.33. The van der Waals surface area contributed by atoms with Crippen molar-refractivity contribution in [1.82, 2.24) is 0 Å². The Hall–Kier alpha value is -2.41. The Bertz CT molecular complexity index is 775. The third kappa shape index (κ3) is 5.79. The van der Waals surface area contributed by atoms with E-state index in [2.05, 4.69) is 29.4 Å². The van der Waals surface area contributed by atoms with Crippen LogP contribution in [0.4, 0.5) is 30.2 Å². The molecule has 1 amide bonds. The van der Waals surface area contributed by atoms with Crippen LogP contribution < -0.4 is 15.5 Å². The third-order valence-electron chi connectivity index (χ3n) is 4.00.